The molecule has 0 saturated heterocycles. The van der Waals surface area contributed by atoms with Crippen molar-refractivity contribution in [2.45, 2.75) is 39.2 Å². The minimum absolute atomic E-state index is 0.462. The first kappa shape index (κ1) is 7.84. The summed E-state index contributed by atoms with van der Waals surface area (Å²) in [6.07, 6.45) is 4.35. The monoisotopic (exact) mass is 179 g/mol. The molecule has 0 aromatic carbocycles. The summed E-state index contributed by atoms with van der Waals surface area (Å²) in [6.45, 7) is 4.56. The van der Waals surface area contributed by atoms with Gasteiger partial charge in [-0.2, -0.15) is 0 Å². The maximum absolute atomic E-state index is 5.57. The average Bonchev–Trinajstić information content (AvgIpc) is 2.71. The largest absolute Gasteiger partial charge is 0.392 e. The highest BCUT2D eigenvalue weighted by atomic mass is 16.6. The smallest absolute Gasteiger partial charge is 0.139 e. The Hall–Kier alpha value is -0.530. The van der Waals surface area contributed by atoms with Crippen LogP contribution in [0.3, 0.4) is 0 Å². The van der Waals surface area contributed by atoms with Crippen molar-refractivity contribution in [3.05, 3.63) is 0 Å². The van der Waals surface area contributed by atoms with Crippen LogP contribution in [0.15, 0.2) is 5.16 Å². The fourth-order valence-electron chi connectivity index (χ4n) is 3.71. The summed E-state index contributed by atoms with van der Waals surface area (Å²) >= 11 is 0. The van der Waals surface area contributed by atoms with E-state index in [4.69, 9.17) is 4.84 Å². The number of fused-ring (bicyclic) bond motifs is 5. The van der Waals surface area contributed by atoms with Gasteiger partial charge in [-0.3, -0.25) is 0 Å². The van der Waals surface area contributed by atoms with Gasteiger partial charge >= 0.3 is 0 Å². The predicted octanol–water partition coefficient (Wildman–Crippen LogP) is 2.44. The Morgan fingerprint density at radius 2 is 2.31 bits per heavy atom. The number of hydrogen-bond donors (Lipinski definition) is 0. The Labute approximate surface area is 79.3 Å². The Morgan fingerprint density at radius 3 is 3.08 bits per heavy atom. The van der Waals surface area contributed by atoms with E-state index in [9.17, 15) is 0 Å². The van der Waals surface area contributed by atoms with Crippen LogP contribution < -0.4 is 0 Å². The fourth-order valence-corrected chi connectivity index (χ4v) is 3.71. The van der Waals surface area contributed by atoms with Gasteiger partial charge in [0.05, 0.1) is 5.71 Å². The molecule has 0 aromatic rings. The van der Waals surface area contributed by atoms with Crippen molar-refractivity contribution in [1.82, 2.24) is 0 Å². The van der Waals surface area contributed by atoms with Crippen LogP contribution in [0.5, 0.6) is 0 Å². The van der Waals surface area contributed by atoms with Crippen molar-refractivity contribution in [3.8, 4) is 0 Å². The van der Waals surface area contributed by atoms with Gasteiger partial charge in [0, 0.05) is 11.8 Å². The molecule has 1 aliphatic heterocycles. The summed E-state index contributed by atoms with van der Waals surface area (Å²) in [6, 6.07) is 0. The Bertz CT molecular complexity index is 261. The summed E-state index contributed by atoms with van der Waals surface area (Å²) in [5.41, 5.74) is 1.34. The molecule has 0 N–H and O–H groups in total. The Kier molecular flexibility index (Phi) is 1.50. The third-order valence-electron chi connectivity index (χ3n) is 4.30. The van der Waals surface area contributed by atoms with Crippen LogP contribution in [-0.4, -0.2) is 11.8 Å². The number of oxime groups is 1. The molecule has 5 atom stereocenters. The molecule has 2 bridgehead atoms. The molecule has 3 rings (SSSR count). The molecule has 3 aliphatic rings. The number of nitrogens with zero attached hydrogens (tertiary/aromatic N) is 1. The van der Waals surface area contributed by atoms with Crippen molar-refractivity contribution in [2.24, 2.45) is 28.8 Å². The van der Waals surface area contributed by atoms with Crippen molar-refractivity contribution in [2.75, 3.05) is 0 Å². The van der Waals surface area contributed by atoms with Crippen molar-refractivity contribution >= 4 is 5.71 Å². The molecule has 0 aromatic heterocycles. The van der Waals surface area contributed by atoms with E-state index < -0.39 is 0 Å². The topological polar surface area (TPSA) is 21.6 Å². The van der Waals surface area contributed by atoms with E-state index in [1.807, 2.05) is 0 Å². The average molecular weight is 179 g/mol. The molecule has 72 valence electrons. The lowest BCUT2D eigenvalue weighted by molar-refractivity contribution is 0.0106. The van der Waals surface area contributed by atoms with Crippen LogP contribution in [0.25, 0.3) is 0 Å². The zero-order valence-electron chi connectivity index (χ0n) is 8.36. The second-order valence-corrected chi connectivity index (χ2v) is 4.90. The van der Waals surface area contributed by atoms with Crippen molar-refractivity contribution in [3.63, 3.8) is 0 Å². The molecule has 5 unspecified atom stereocenters. The molecule has 0 amide bonds. The Balaban J connectivity index is 1.88. The third kappa shape index (κ3) is 0.866. The molecule has 0 spiro atoms. The molecular weight excluding hydrogens is 162 g/mol. The van der Waals surface area contributed by atoms with E-state index in [0.29, 0.717) is 12.0 Å². The summed E-state index contributed by atoms with van der Waals surface area (Å²) in [5, 5.41) is 4.23. The van der Waals surface area contributed by atoms with E-state index in [1.165, 1.54) is 18.6 Å². The SMILES string of the molecule is CCC1=NOC2C3CC(CC3C)C12. The van der Waals surface area contributed by atoms with E-state index in [0.717, 1.165) is 24.2 Å². The molecule has 0 radical (unpaired) electrons. The number of rotatable bonds is 1. The molecule has 2 saturated carbocycles. The zero-order valence-corrected chi connectivity index (χ0v) is 8.36. The van der Waals surface area contributed by atoms with Crippen LogP contribution in [0.2, 0.25) is 0 Å². The zero-order chi connectivity index (χ0) is 9.00. The third-order valence-corrected chi connectivity index (χ3v) is 4.30. The molecule has 13 heavy (non-hydrogen) atoms. The van der Waals surface area contributed by atoms with Gasteiger partial charge in [0.1, 0.15) is 6.10 Å². The minimum Gasteiger partial charge on any atom is -0.392 e. The van der Waals surface area contributed by atoms with Gasteiger partial charge in [0.25, 0.3) is 0 Å². The second kappa shape index (κ2) is 2.49. The number of hydrogen-bond acceptors (Lipinski definition) is 2. The maximum atomic E-state index is 5.57. The van der Waals surface area contributed by atoms with Crippen LogP contribution >= 0.6 is 0 Å². The van der Waals surface area contributed by atoms with Gasteiger partial charge < -0.3 is 4.84 Å². The molecule has 2 nitrogen and oxygen atoms in total. The molecule has 1 heterocycles. The quantitative estimate of drug-likeness (QED) is 0.606. The van der Waals surface area contributed by atoms with Gasteiger partial charge in [-0.1, -0.05) is 19.0 Å². The summed E-state index contributed by atoms with van der Waals surface area (Å²) < 4.78 is 0. The van der Waals surface area contributed by atoms with Gasteiger partial charge in [0.15, 0.2) is 0 Å². The predicted molar refractivity (Wildman–Crippen MR) is 51.5 cm³/mol. The summed E-state index contributed by atoms with van der Waals surface area (Å²) in [5.74, 6) is 3.28. The first-order chi connectivity index (χ1) is 6.31. The first-order valence-corrected chi connectivity index (χ1v) is 5.53. The van der Waals surface area contributed by atoms with Gasteiger partial charge in [-0.15, -0.1) is 0 Å². The van der Waals surface area contributed by atoms with Gasteiger partial charge in [-0.25, -0.2) is 0 Å². The standard InChI is InChI=1S/C11H17NO/c1-3-9-10-7-4-6(2)8(5-7)11(10)13-12-9/h6-8,10-11H,3-5H2,1-2H3. The van der Waals surface area contributed by atoms with Gasteiger partial charge in [-0.05, 0) is 31.1 Å². The minimum atomic E-state index is 0.462. The van der Waals surface area contributed by atoms with E-state index in [1.54, 1.807) is 0 Å². The summed E-state index contributed by atoms with van der Waals surface area (Å²) in [4.78, 5) is 5.57. The molecule has 2 heteroatoms. The van der Waals surface area contributed by atoms with E-state index >= 15 is 0 Å². The van der Waals surface area contributed by atoms with Crippen molar-refractivity contribution < 1.29 is 4.84 Å². The van der Waals surface area contributed by atoms with Gasteiger partial charge in [0.2, 0.25) is 0 Å². The fraction of sp³-hybridized carbons (Fsp3) is 0.909. The van der Waals surface area contributed by atoms with Crippen molar-refractivity contribution in [1.29, 1.82) is 0 Å². The normalized spacial score (nSPS) is 51.8. The highest BCUT2D eigenvalue weighted by molar-refractivity contribution is 5.88. The lowest BCUT2D eigenvalue weighted by Gasteiger charge is -2.27. The lowest BCUT2D eigenvalue weighted by atomic mass is 9.78. The molecule has 2 aliphatic carbocycles. The maximum Gasteiger partial charge on any atom is 0.139 e. The Morgan fingerprint density at radius 1 is 1.46 bits per heavy atom. The first-order valence-electron chi connectivity index (χ1n) is 5.53. The molecular formula is C11H17NO. The van der Waals surface area contributed by atoms with Crippen LogP contribution in [-0.2, 0) is 4.84 Å². The highest BCUT2D eigenvalue weighted by Crippen LogP contribution is 2.55. The summed E-state index contributed by atoms with van der Waals surface area (Å²) in [7, 11) is 0. The van der Waals surface area contributed by atoms with Crippen LogP contribution in [0.1, 0.15) is 33.1 Å². The van der Waals surface area contributed by atoms with Crippen LogP contribution in [0.4, 0.5) is 0 Å². The van der Waals surface area contributed by atoms with E-state index in [2.05, 4.69) is 19.0 Å². The molecule has 2 fully saturated rings. The highest BCUT2D eigenvalue weighted by Gasteiger charge is 2.56. The van der Waals surface area contributed by atoms with E-state index in [-0.39, 0.29) is 0 Å². The lowest BCUT2D eigenvalue weighted by Crippen LogP contribution is -2.32. The van der Waals surface area contributed by atoms with Crippen LogP contribution in [0, 0.1) is 23.7 Å². The second-order valence-electron chi connectivity index (χ2n) is 4.90.